The van der Waals surface area contributed by atoms with E-state index in [-0.39, 0.29) is 17.3 Å². The largest absolute Gasteiger partial charge is 0.487 e. The van der Waals surface area contributed by atoms with E-state index in [1.165, 1.54) is 24.3 Å². The van der Waals surface area contributed by atoms with E-state index in [1.807, 2.05) is 24.3 Å². The highest BCUT2D eigenvalue weighted by molar-refractivity contribution is 9.11. The molecule has 1 heterocycles. The summed E-state index contributed by atoms with van der Waals surface area (Å²) in [6.07, 6.45) is 1.59. The molecule has 0 amide bonds. The molecule has 0 saturated heterocycles. The number of ether oxygens (including phenoxy) is 2. The van der Waals surface area contributed by atoms with E-state index in [0.29, 0.717) is 32.4 Å². The molecule has 0 unspecified atom stereocenters. The van der Waals surface area contributed by atoms with E-state index in [9.17, 15) is 14.9 Å². The molecule has 0 N–H and O–H groups in total. The number of nitro benzene ring substituents is 1. The third kappa shape index (κ3) is 5.58. The highest BCUT2D eigenvalue weighted by atomic mass is 79.9. The molecule has 0 spiro atoms. The molecule has 10 heteroatoms. The van der Waals surface area contributed by atoms with Crippen LogP contribution in [0.3, 0.4) is 0 Å². The number of carbonyl (C=O) groups excluding carboxylic acids is 1. The van der Waals surface area contributed by atoms with Crippen LogP contribution in [0.25, 0.3) is 6.08 Å². The zero-order chi connectivity index (χ0) is 23.5. The summed E-state index contributed by atoms with van der Waals surface area (Å²) < 4.78 is 13.6. The number of esters is 1. The summed E-state index contributed by atoms with van der Waals surface area (Å²) in [5, 5.41) is 10.8. The average Bonchev–Trinajstić information content (AvgIpc) is 3.13. The quantitative estimate of drug-likeness (QED) is 0.128. The van der Waals surface area contributed by atoms with Gasteiger partial charge in [0.1, 0.15) is 12.4 Å². The first-order valence-electron chi connectivity index (χ1n) is 9.44. The number of halogens is 3. The Morgan fingerprint density at radius 1 is 1.03 bits per heavy atom. The van der Waals surface area contributed by atoms with Crippen molar-refractivity contribution in [3.05, 3.63) is 107 Å². The van der Waals surface area contributed by atoms with E-state index >= 15 is 0 Å². The number of non-ortho nitro benzene ring substituents is 1. The van der Waals surface area contributed by atoms with Gasteiger partial charge in [0.15, 0.2) is 5.70 Å². The van der Waals surface area contributed by atoms with E-state index in [4.69, 9.17) is 9.47 Å². The summed E-state index contributed by atoms with van der Waals surface area (Å²) in [6.45, 7) is 0.381. The average molecular weight is 637 g/mol. The lowest BCUT2D eigenvalue weighted by molar-refractivity contribution is -0.384. The Labute approximate surface area is 213 Å². The molecule has 0 atom stereocenters. The molecule has 0 bridgehead atoms. The molecule has 166 valence electrons. The lowest BCUT2D eigenvalue weighted by atomic mass is 10.2. The molecule has 0 radical (unpaired) electrons. The van der Waals surface area contributed by atoms with Gasteiger partial charge in [0, 0.05) is 22.2 Å². The van der Waals surface area contributed by atoms with Gasteiger partial charge in [-0.1, -0.05) is 28.1 Å². The van der Waals surface area contributed by atoms with Gasteiger partial charge in [-0.25, -0.2) is 9.79 Å². The summed E-state index contributed by atoms with van der Waals surface area (Å²) in [5.74, 6) is 0.111. The van der Waals surface area contributed by atoms with E-state index in [1.54, 1.807) is 18.2 Å². The van der Waals surface area contributed by atoms with Crippen molar-refractivity contribution in [2.45, 2.75) is 6.61 Å². The van der Waals surface area contributed by atoms with Gasteiger partial charge in [-0.2, -0.15) is 0 Å². The van der Waals surface area contributed by atoms with E-state index in [2.05, 4.69) is 52.8 Å². The van der Waals surface area contributed by atoms with Crippen LogP contribution in [0.15, 0.2) is 84.8 Å². The molecule has 0 aliphatic carbocycles. The fourth-order valence-corrected chi connectivity index (χ4v) is 4.90. The molecule has 0 saturated carbocycles. The highest BCUT2D eigenvalue weighted by Crippen LogP contribution is 2.36. The van der Waals surface area contributed by atoms with Crippen molar-refractivity contribution in [1.29, 1.82) is 0 Å². The number of cyclic esters (lactones) is 1. The molecule has 3 aromatic carbocycles. The maximum absolute atomic E-state index is 12.3. The van der Waals surface area contributed by atoms with Gasteiger partial charge in [-0.15, -0.1) is 0 Å². The van der Waals surface area contributed by atoms with Crippen molar-refractivity contribution in [3.63, 3.8) is 0 Å². The van der Waals surface area contributed by atoms with Crippen molar-refractivity contribution in [2.24, 2.45) is 4.99 Å². The van der Waals surface area contributed by atoms with Gasteiger partial charge in [0.05, 0.1) is 13.9 Å². The second-order valence-corrected chi connectivity index (χ2v) is 9.50. The minimum absolute atomic E-state index is 0.0589. The van der Waals surface area contributed by atoms with Crippen molar-refractivity contribution in [2.75, 3.05) is 0 Å². The Kier molecular flexibility index (Phi) is 7.06. The molecule has 3 aromatic rings. The summed E-state index contributed by atoms with van der Waals surface area (Å²) in [6, 6.07) is 17.1. The van der Waals surface area contributed by atoms with Crippen molar-refractivity contribution in [1.82, 2.24) is 0 Å². The lowest BCUT2D eigenvalue weighted by Crippen LogP contribution is -2.05. The highest BCUT2D eigenvalue weighted by Gasteiger charge is 2.25. The fourth-order valence-electron chi connectivity index (χ4n) is 3.00. The van der Waals surface area contributed by atoms with Crippen LogP contribution in [0.1, 0.15) is 16.7 Å². The number of nitro groups is 1. The van der Waals surface area contributed by atoms with E-state index in [0.717, 1.165) is 10.0 Å². The van der Waals surface area contributed by atoms with Gasteiger partial charge in [-0.3, -0.25) is 10.1 Å². The zero-order valence-electron chi connectivity index (χ0n) is 16.6. The summed E-state index contributed by atoms with van der Waals surface area (Å²) in [5.41, 5.74) is 2.23. The Balaban J connectivity index is 1.54. The van der Waals surface area contributed by atoms with Gasteiger partial charge >= 0.3 is 5.97 Å². The smallest absolute Gasteiger partial charge is 0.363 e. The first kappa shape index (κ1) is 23.3. The molecule has 1 aliphatic rings. The third-order valence-electron chi connectivity index (χ3n) is 4.54. The molecule has 7 nitrogen and oxygen atoms in total. The number of carbonyl (C=O) groups is 1. The maximum Gasteiger partial charge on any atom is 0.363 e. The van der Waals surface area contributed by atoms with Gasteiger partial charge in [0.25, 0.3) is 5.69 Å². The van der Waals surface area contributed by atoms with Crippen LogP contribution in [0.2, 0.25) is 0 Å². The van der Waals surface area contributed by atoms with Crippen molar-refractivity contribution < 1.29 is 19.2 Å². The van der Waals surface area contributed by atoms with Crippen LogP contribution in [0.5, 0.6) is 5.75 Å². The number of benzene rings is 3. The minimum atomic E-state index is -0.606. The lowest BCUT2D eigenvalue weighted by Gasteiger charge is -2.12. The SMILES string of the molecule is O=C1OC(c2ccc([N+](=O)[O-])cc2)=N/C1=C\c1cc(Br)c(OCc2cccc(Br)c2)c(Br)c1. The predicted molar refractivity (Wildman–Crippen MR) is 134 cm³/mol. The second kappa shape index (κ2) is 9.98. The Morgan fingerprint density at radius 2 is 1.73 bits per heavy atom. The van der Waals surface area contributed by atoms with Gasteiger partial charge < -0.3 is 9.47 Å². The molecular formula is C23H13Br3N2O5. The van der Waals surface area contributed by atoms with Crippen LogP contribution in [-0.2, 0) is 16.1 Å². The van der Waals surface area contributed by atoms with Gasteiger partial charge in [-0.05, 0) is 85.5 Å². The first-order valence-corrected chi connectivity index (χ1v) is 11.8. The molecular weight excluding hydrogens is 624 g/mol. The Bertz CT molecular complexity index is 1300. The molecule has 0 fully saturated rings. The van der Waals surface area contributed by atoms with Crippen LogP contribution in [0.4, 0.5) is 5.69 Å². The Hall–Kier alpha value is -2.82. The summed E-state index contributed by atoms with van der Waals surface area (Å²) in [4.78, 5) is 26.8. The van der Waals surface area contributed by atoms with Crippen LogP contribution in [-0.4, -0.2) is 16.8 Å². The van der Waals surface area contributed by atoms with Crippen molar-refractivity contribution >= 4 is 71.4 Å². The normalized spacial score (nSPS) is 14.2. The fraction of sp³-hybridized carbons (Fsp3) is 0.0435. The summed E-state index contributed by atoms with van der Waals surface area (Å²) in [7, 11) is 0. The Morgan fingerprint density at radius 3 is 2.36 bits per heavy atom. The standard InChI is InChI=1S/C23H13Br3N2O5/c24-16-3-1-2-13(8-16)12-32-21-18(25)9-14(10-19(21)26)11-20-23(29)33-22(27-20)15-4-6-17(7-5-15)28(30)31/h1-11H,12H2/b20-11-. The molecule has 1 aliphatic heterocycles. The zero-order valence-corrected chi connectivity index (χ0v) is 21.4. The number of hydrogen-bond acceptors (Lipinski definition) is 6. The molecule has 0 aromatic heterocycles. The third-order valence-corrected chi connectivity index (χ3v) is 6.21. The number of aliphatic imine (C=N–C) groups is 1. The molecule has 33 heavy (non-hydrogen) atoms. The molecule has 4 rings (SSSR count). The summed E-state index contributed by atoms with van der Waals surface area (Å²) >= 11 is 10.5. The van der Waals surface area contributed by atoms with Crippen LogP contribution >= 0.6 is 47.8 Å². The number of nitrogens with zero attached hydrogens (tertiary/aromatic N) is 2. The maximum atomic E-state index is 12.3. The van der Waals surface area contributed by atoms with Gasteiger partial charge in [0.2, 0.25) is 5.90 Å². The number of rotatable bonds is 6. The number of hydrogen-bond donors (Lipinski definition) is 0. The minimum Gasteiger partial charge on any atom is -0.487 e. The van der Waals surface area contributed by atoms with Crippen LogP contribution in [0, 0.1) is 10.1 Å². The predicted octanol–water partition coefficient (Wildman–Crippen LogP) is 6.81. The second-order valence-electron chi connectivity index (χ2n) is 6.87. The topological polar surface area (TPSA) is 91.0 Å². The van der Waals surface area contributed by atoms with E-state index < -0.39 is 10.9 Å². The van der Waals surface area contributed by atoms with Crippen LogP contribution < -0.4 is 4.74 Å². The van der Waals surface area contributed by atoms with Crippen molar-refractivity contribution in [3.8, 4) is 5.75 Å². The monoisotopic (exact) mass is 634 g/mol. The first-order chi connectivity index (χ1) is 15.8.